The van der Waals surface area contributed by atoms with Gasteiger partial charge < -0.3 is 0 Å². The predicted octanol–water partition coefficient (Wildman–Crippen LogP) is 11.7. The Hall–Kier alpha value is -6.45. The Kier molecular flexibility index (Phi) is 6.80. The Labute approximate surface area is 278 Å². The standard InChI is InChI=1S/C45H29N3/c1-3-10-30(11-4-1)35-22-23-38-28-40(25-24-36(38)27-35)44-46-43(33-13-5-2-6-14-33)47-45(48-44)41-17-9-16-32-19-21-39(29-42(32)41)37-20-18-31-12-7-8-15-34(31)26-37/h1-29H. The van der Waals surface area contributed by atoms with E-state index < -0.39 is 0 Å². The number of rotatable bonds is 5. The van der Waals surface area contributed by atoms with Crippen LogP contribution in [0, 0.1) is 0 Å². The molecule has 0 aliphatic rings. The van der Waals surface area contributed by atoms with Crippen LogP contribution in [0.5, 0.6) is 0 Å². The van der Waals surface area contributed by atoms with Gasteiger partial charge in [-0.25, -0.2) is 15.0 Å². The molecule has 0 atom stereocenters. The van der Waals surface area contributed by atoms with E-state index in [9.17, 15) is 0 Å². The van der Waals surface area contributed by atoms with Crippen LogP contribution in [0.4, 0.5) is 0 Å². The van der Waals surface area contributed by atoms with Gasteiger partial charge in [-0.05, 0) is 78.8 Å². The normalized spacial score (nSPS) is 11.3. The van der Waals surface area contributed by atoms with Crippen LogP contribution in [0.2, 0.25) is 0 Å². The van der Waals surface area contributed by atoms with E-state index in [0.717, 1.165) is 38.4 Å². The lowest BCUT2D eigenvalue weighted by Crippen LogP contribution is -2.00. The van der Waals surface area contributed by atoms with E-state index in [2.05, 4.69) is 152 Å². The first-order valence-electron chi connectivity index (χ1n) is 16.2. The van der Waals surface area contributed by atoms with Gasteiger partial charge in [0.2, 0.25) is 0 Å². The van der Waals surface area contributed by atoms with Gasteiger partial charge in [-0.15, -0.1) is 0 Å². The summed E-state index contributed by atoms with van der Waals surface area (Å²) in [6.07, 6.45) is 0. The minimum Gasteiger partial charge on any atom is -0.208 e. The molecule has 3 nitrogen and oxygen atoms in total. The molecule has 9 rings (SSSR count). The summed E-state index contributed by atoms with van der Waals surface area (Å²) in [6.45, 7) is 0. The van der Waals surface area contributed by atoms with Crippen LogP contribution < -0.4 is 0 Å². The zero-order valence-corrected chi connectivity index (χ0v) is 26.1. The van der Waals surface area contributed by atoms with Crippen molar-refractivity contribution in [3.63, 3.8) is 0 Å². The van der Waals surface area contributed by atoms with Gasteiger partial charge in [-0.2, -0.15) is 0 Å². The molecule has 0 aliphatic heterocycles. The number of benzene rings is 8. The second-order valence-electron chi connectivity index (χ2n) is 12.1. The van der Waals surface area contributed by atoms with Crippen LogP contribution >= 0.6 is 0 Å². The lowest BCUT2D eigenvalue weighted by atomic mass is 9.96. The molecule has 0 bridgehead atoms. The molecule has 224 valence electrons. The average molecular weight is 612 g/mol. The van der Waals surface area contributed by atoms with Gasteiger partial charge >= 0.3 is 0 Å². The van der Waals surface area contributed by atoms with E-state index in [-0.39, 0.29) is 0 Å². The number of hydrogen-bond acceptors (Lipinski definition) is 3. The predicted molar refractivity (Wildman–Crippen MR) is 200 cm³/mol. The molecule has 0 saturated heterocycles. The van der Waals surface area contributed by atoms with Crippen LogP contribution in [0.15, 0.2) is 176 Å². The van der Waals surface area contributed by atoms with Gasteiger partial charge in [0.1, 0.15) is 0 Å². The molecule has 0 fully saturated rings. The van der Waals surface area contributed by atoms with E-state index in [1.165, 1.54) is 32.8 Å². The molecule has 0 aliphatic carbocycles. The quantitative estimate of drug-likeness (QED) is 0.194. The SMILES string of the molecule is c1ccc(-c2ccc3cc(-c4nc(-c5ccccc5)nc(-c5cccc6ccc(-c7ccc8ccccc8c7)cc56)n4)ccc3c2)cc1. The van der Waals surface area contributed by atoms with Crippen LogP contribution in [0.1, 0.15) is 0 Å². The minimum absolute atomic E-state index is 0.649. The topological polar surface area (TPSA) is 38.7 Å². The summed E-state index contributed by atoms with van der Waals surface area (Å²) < 4.78 is 0. The van der Waals surface area contributed by atoms with Gasteiger partial charge in [0, 0.05) is 16.7 Å². The zero-order valence-electron chi connectivity index (χ0n) is 26.1. The third-order valence-electron chi connectivity index (χ3n) is 9.08. The van der Waals surface area contributed by atoms with Crippen molar-refractivity contribution < 1.29 is 0 Å². The smallest absolute Gasteiger partial charge is 0.164 e. The number of hydrogen-bond donors (Lipinski definition) is 0. The molecule has 8 aromatic carbocycles. The lowest BCUT2D eigenvalue weighted by Gasteiger charge is -2.12. The van der Waals surface area contributed by atoms with Gasteiger partial charge in [-0.3, -0.25) is 0 Å². The highest BCUT2D eigenvalue weighted by atomic mass is 15.0. The van der Waals surface area contributed by atoms with Gasteiger partial charge in [0.25, 0.3) is 0 Å². The van der Waals surface area contributed by atoms with Crippen LogP contribution in [-0.4, -0.2) is 15.0 Å². The molecule has 0 unspecified atom stereocenters. The van der Waals surface area contributed by atoms with Crippen LogP contribution in [-0.2, 0) is 0 Å². The number of nitrogens with zero attached hydrogens (tertiary/aromatic N) is 3. The maximum absolute atomic E-state index is 5.14. The number of aromatic nitrogens is 3. The molecular formula is C45H29N3. The van der Waals surface area contributed by atoms with Crippen molar-refractivity contribution in [2.45, 2.75) is 0 Å². The fourth-order valence-electron chi connectivity index (χ4n) is 6.55. The van der Waals surface area contributed by atoms with Crippen molar-refractivity contribution in [2.75, 3.05) is 0 Å². The molecule has 9 aromatic rings. The van der Waals surface area contributed by atoms with E-state index in [4.69, 9.17) is 15.0 Å². The fraction of sp³-hybridized carbons (Fsp3) is 0. The van der Waals surface area contributed by atoms with Crippen LogP contribution in [0.25, 0.3) is 88.7 Å². The summed E-state index contributed by atoms with van der Waals surface area (Å²) in [7, 11) is 0. The van der Waals surface area contributed by atoms with Gasteiger partial charge in [-0.1, -0.05) is 152 Å². The first-order valence-corrected chi connectivity index (χ1v) is 16.2. The van der Waals surface area contributed by atoms with Crippen LogP contribution in [0.3, 0.4) is 0 Å². The van der Waals surface area contributed by atoms with Gasteiger partial charge in [0.05, 0.1) is 0 Å². The summed E-state index contributed by atoms with van der Waals surface area (Å²) >= 11 is 0. The highest BCUT2D eigenvalue weighted by Crippen LogP contribution is 2.34. The molecule has 0 amide bonds. The fourth-order valence-corrected chi connectivity index (χ4v) is 6.55. The summed E-state index contributed by atoms with van der Waals surface area (Å²) in [5, 5.41) is 7.02. The summed E-state index contributed by atoms with van der Waals surface area (Å²) in [5.41, 5.74) is 7.62. The second-order valence-corrected chi connectivity index (χ2v) is 12.1. The maximum atomic E-state index is 5.14. The Morgan fingerprint density at radius 3 is 1.44 bits per heavy atom. The molecule has 1 heterocycles. The molecule has 48 heavy (non-hydrogen) atoms. The van der Waals surface area contributed by atoms with Crippen molar-refractivity contribution >= 4 is 32.3 Å². The average Bonchev–Trinajstić information content (AvgIpc) is 3.17. The molecule has 0 spiro atoms. The van der Waals surface area contributed by atoms with Crippen molar-refractivity contribution in [1.29, 1.82) is 0 Å². The van der Waals surface area contributed by atoms with Crippen molar-refractivity contribution in [3.8, 4) is 56.4 Å². The van der Waals surface area contributed by atoms with Crippen molar-refractivity contribution in [3.05, 3.63) is 176 Å². The molecule has 0 radical (unpaired) electrons. The van der Waals surface area contributed by atoms with E-state index in [1.54, 1.807) is 0 Å². The lowest BCUT2D eigenvalue weighted by molar-refractivity contribution is 1.08. The molecule has 3 heteroatoms. The monoisotopic (exact) mass is 611 g/mol. The number of fused-ring (bicyclic) bond motifs is 3. The van der Waals surface area contributed by atoms with Crippen molar-refractivity contribution in [2.24, 2.45) is 0 Å². The third-order valence-corrected chi connectivity index (χ3v) is 9.08. The van der Waals surface area contributed by atoms with Crippen molar-refractivity contribution in [1.82, 2.24) is 15.0 Å². The highest BCUT2D eigenvalue weighted by Gasteiger charge is 2.15. The molecular weight excluding hydrogens is 583 g/mol. The zero-order chi connectivity index (χ0) is 31.9. The first-order chi connectivity index (χ1) is 23.7. The molecule has 0 N–H and O–H groups in total. The molecule has 1 aromatic heterocycles. The Morgan fingerprint density at radius 2 is 0.708 bits per heavy atom. The highest BCUT2D eigenvalue weighted by molar-refractivity contribution is 5.99. The van der Waals surface area contributed by atoms with Gasteiger partial charge in [0.15, 0.2) is 17.5 Å². The Bertz CT molecular complexity index is 2610. The summed E-state index contributed by atoms with van der Waals surface area (Å²) in [4.78, 5) is 15.2. The first kappa shape index (κ1) is 27.8. The van der Waals surface area contributed by atoms with E-state index in [1.807, 2.05) is 24.3 Å². The second kappa shape index (κ2) is 11.7. The summed E-state index contributed by atoms with van der Waals surface area (Å²) in [6, 6.07) is 61.8. The van der Waals surface area contributed by atoms with E-state index in [0.29, 0.717) is 17.5 Å². The van der Waals surface area contributed by atoms with E-state index >= 15 is 0 Å². The molecule has 0 saturated carbocycles. The minimum atomic E-state index is 0.649. The largest absolute Gasteiger partial charge is 0.208 e. The third kappa shape index (κ3) is 5.18. The Balaban J connectivity index is 1.19. The maximum Gasteiger partial charge on any atom is 0.164 e. The summed E-state index contributed by atoms with van der Waals surface area (Å²) in [5.74, 6) is 1.95. The Morgan fingerprint density at radius 1 is 0.250 bits per heavy atom.